The molecule has 0 amide bonds. The van der Waals surface area contributed by atoms with Crippen molar-refractivity contribution in [3.8, 4) is 5.75 Å². The first-order valence-electron chi connectivity index (χ1n) is 7.77. The van der Waals surface area contributed by atoms with Crippen LogP contribution in [0.15, 0.2) is 77.9 Å². The molecule has 0 aliphatic carbocycles. The second-order valence-corrected chi connectivity index (χ2v) is 7.47. The Kier molecular flexibility index (Phi) is 6.14. The molecule has 0 unspecified atom stereocenters. The van der Waals surface area contributed by atoms with Crippen molar-refractivity contribution < 1.29 is 9.53 Å². The third-order valence-corrected chi connectivity index (χ3v) is 5.34. The van der Waals surface area contributed by atoms with Gasteiger partial charge in [-0.1, -0.05) is 60.3 Å². The zero-order valence-corrected chi connectivity index (χ0v) is 15.2. The van der Waals surface area contributed by atoms with Gasteiger partial charge in [-0.05, 0) is 41.1 Å². The normalized spacial score (nSPS) is 15.3. The number of benzene rings is 2. The second kappa shape index (κ2) is 8.74. The maximum absolute atomic E-state index is 12.1. The minimum atomic E-state index is -0.0258. The summed E-state index contributed by atoms with van der Waals surface area (Å²) in [5.74, 6) is 1.51. The van der Waals surface area contributed by atoms with Gasteiger partial charge in [-0.2, -0.15) is 0 Å². The molecule has 2 aromatic carbocycles. The van der Waals surface area contributed by atoms with Crippen LogP contribution in [-0.2, 0) is 11.4 Å². The minimum absolute atomic E-state index is 0.0258. The highest BCUT2D eigenvalue weighted by Crippen LogP contribution is 2.31. The van der Waals surface area contributed by atoms with Gasteiger partial charge in [0.25, 0.3) is 0 Å². The molecule has 1 aliphatic heterocycles. The number of carbonyl (C=O) groups excluding carboxylic acids is 1. The fourth-order valence-corrected chi connectivity index (χ4v) is 3.78. The van der Waals surface area contributed by atoms with Gasteiger partial charge in [0.05, 0.1) is 0 Å². The van der Waals surface area contributed by atoms with Gasteiger partial charge in [-0.15, -0.1) is 6.58 Å². The summed E-state index contributed by atoms with van der Waals surface area (Å²) in [5, 5.41) is -0.0258. The Labute approximate surface area is 155 Å². The minimum Gasteiger partial charge on any atom is -0.489 e. The number of hydrogen-bond donors (Lipinski definition) is 0. The molecule has 0 bridgehead atoms. The van der Waals surface area contributed by atoms with E-state index in [0.717, 1.165) is 27.0 Å². The third kappa shape index (κ3) is 5.11. The Hall–Kier alpha value is -2.24. The number of rotatable bonds is 6. The van der Waals surface area contributed by atoms with E-state index in [9.17, 15) is 4.79 Å². The number of hydrogen-bond acceptors (Lipinski definition) is 5. The van der Waals surface area contributed by atoms with Crippen molar-refractivity contribution in [2.75, 3.05) is 5.75 Å². The van der Waals surface area contributed by atoms with Crippen molar-refractivity contribution >= 4 is 39.1 Å². The highest BCUT2D eigenvalue weighted by molar-refractivity contribution is 8.45. The molecular weight excluding hydrogens is 350 g/mol. The van der Waals surface area contributed by atoms with Gasteiger partial charge in [0.1, 0.15) is 22.4 Å². The summed E-state index contributed by atoms with van der Waals surface area (Å²) in [4.78, 5) is 16.4. The topological polar surface area (TPSA) is 38.7 Å². The molecule has 0 saturated carbocycles. The Balaban J connectivity index is 1.70. The Bertz CT molecular complexity index is 829. The molecule has 0 fully saturated rings. The first-order chi connectivity index (χ1) is 12.2. The monoisotopic (exact) mass is 367 g/mol. The molecule has 25 heavy (non-hydrogen) atoms. The molecule has 0 aromatic heterocycles. The molecule has 0 spiro atoms. The third-order valence-electron chi connectivity index (χ3n) is 3.34. The van der Waals surface area contributed by atoms with Gasteiger partial charge in [0.2, 0.25) is 5.12 Å². The highest BCUT2D eigenvalue weighted by atomic mass is 32.2. The fraction of sp³-hybridized carbons (Fsp3) is 0.100. The first kappa shape index (κ1) is 17.6. The highest BCUT2D eigenvalue weighted by Gasteiger charge is 2.22. The van der Waals surface area contributed by atoms with Gasteiger partial charge < -0.3 is 4.74 Å². The van der Waals surface area contributed by atoms with Crippen LogP contribution < -0.4 is 4.74 Å². The maximum atomic E-state index is 12.1. The molecule has 5 heteroatoms. The summed E-state index contributed by atoms with van der Waals surface area (Å²) in [6, 6.07) is 17.7. The van der Waals surface area contributed by atoms with Crippen LogP contribution in [0.3, 0.4) is 0 Å². The van der Waals surface area contributed by atoms with Gasteiger partial charge in [0, 0.05) is 5.75 Å². The molecule has 0 atom stereocenters. The summed E-state index contributed by atoms with van der Waals surface area (Å²) >= 11 is 2.69. The largest absolute Gasteiger partial charge is 0.489 e. The van der Waals surface area contributed by atoms with Crippen LogP contribution >= 0.6 is 23.5 Å². The standard InChI is InChI=1S/C20H17NO2S2/c1-2-11-24-20-21-18(19(22)25-20)13-16-9-6-10-17(12-16)23-14-15-7-4-3-5-8-15/h2-10,12-13H,1,11,14H2/b18-13+. The predicted molar refractivity (Wildman–Crippen MR) is 108 cm³/mol. The van der Waals surface area contributed by atoms with E-state index in [1.165, 1.54) is 23.5 Å². The summed E-state index contributed by atoms with van der Waals surface area (Å²) in [7, 11) is 0. The van der Waals surface area contributed by atoms with Crippen LogP contribution in [0.2, 0.25) is 0 Å². The lowest BCUT2D eigenvalue weighted by atomic mass is 10.2. The summed E-state index contributed by atoms with van der Waals surface area (Å²) in [6.07, 6.45) is 3.60. The van der Waals surface area contributed by atoms with E-state index in [1.807, 2.05) is 54.6 Å². The van der Waals surface area contributed by atoms with E-state index < -0.39 is 0 Å². The van der Waals surface area contributed by atoms with Crippen molar-refractivity contribution in [1.29, 1.82) is 0 Å². The molecular formula is C20H17NO2S2. The summed E-state index contributed by atoms with van der Waals surface area (Å²) in [6.45, 7) is 4.19. The van der Waals surface area contributed by atoms with Crippen molar-refractivity contribution in [2.45, 2.75) is 6.61 Å². The van der Waals surface area contributed by atoms with Crippen LogP contribution in [0.5, 0.6) is 5.75 Å². The van der Waals surface area contributed by atoms with Crippen LogP contribution in [0, 0.1) is 0 Å². The van der Waals surface area contributed by atoms with Gasteiger partial charge in [-0.25, -0.2) is 4.99 Å². The summed E-state index contributed by atoms with van der Waals surface area (Å²) in [5.41, 5.74) is 2.48. The van der Waals surface area contributed by atoms with Crippen LogP contribution in [0.25, 0.3) is 6.08 Å². The lowest BCUT2D eigenvalue weighted by Gasteiger charge is -2.07. The van der Waals surface area contributed by atoms with Crippen molar-refractivity contribution in [3.63, 3.8) is 0 Å². The first-order valence-corrected chi connectivity index (χ1v) is 9.58. The fourth-order valence-electron chi connectivity index (χ4n) is 2.17. The van der Waals surface area contributed by atoms with E-state index >= 15 is 0 Å². The van der Waals surface area contributed by atoms with E-state index in [0.29, 0.717) is 12.3 Å². The second-order valence-electron chi connectivity index (χ2n) is 5.24. The molecule has 3 nitrogen and oxygen atoms in total. The average molecular weight is 367 g/mol. The summed E-state index contributed by atoms with van der Waals surface area (Å²) < 4.78 is 6.60. The molecule has 0 saturated heterocycles. The van der Waals surface area contributed by atoms with Crippen LogP contribution in [-0.4, -0.2) is 15.2 Å². The predicted octanol–water partition coefficient (Wildman–Crippen LogP) is 5.16. The van der Waals surface area contributed by atoms with Crippen LogP contribution in [0.1, 0.15) is 11.1 Å². The van der Waals surface area contributed by atoms with E-state index in [2.05, 4.69) is 11.6 Å². The zero-order chi connectivity index (χ0) is 17.5. The molecule has 1 heterocycles. The molecule has 0 radical (unpaired) electrons. The SMILES string of the molecule is C=CCSC1=N/C(=C/c2cccc(OCc3ccccc3)c2)C(=O)S1. The molecule has 3 rings (SSSR count). The lowest BCUT2D eigenvalue weighted by molar-refractivity contribution is -0.107. The van der Waals surface area contributed by atoms with E-state index in [1.54, 1.807) is 12.2 Å². The van der Waals surface area contributed by atoms with Crippen molar-refractivity contribution in [3.05, 3.63) is 84.1 Å². The smallest absolute Gasteiger partial charge is 0.244 e. The number of ether oxygens (including phenoxy) is 1. The number of nitrogens with zero attached hydrogens (tertiary/aromatic N) is 1. The van der Waals surface area contributed by atoms with E-state index in [-0.39, 0.29) is 5.12 Å². The average Bonchev–Trinajstić information content (AvgIpc) is 2.99. The number of aliphatic imine (C=N–C) groups is 1. The lowest BCUT2D eigenvalue weighted by Crippen LogP contribution is -1.95. The van der Waals surface area contributed by atoms with Crippen LogP contribution in [0.4, 0.5) is 0 Å². The van der Waals surface area contributed by atoms with Gasteiger partial charge >= 0.3 is 0 Å². The van der Waals surface area contributed by atoms with E-state index in [4.69, 9.17) is 4.74 Å². The molecule has 126 valence electrons. The molecule has 0 N–H and O–H groups in total. The number of carbonyl (C=O) groups is 1. The van der Waals surface area contributed by atoms with Crippen molar-refractivity contribution in [1.82, 2.24) is 0 Å². The quantitative estimate of drug-likeness (QED) is 0.522. The number of thioether (sulfide) groups is 2. The van der Waals surface area contributed by atoms with Gasteiger partial charge in [0.15, 0.2) is 0 Å². The molecule has 1 aliphatic rings. The molecule has 2 aromatic rings. The Morgan fingerprint density at radius 2 is 2.00 bits per heavy atom. The van der Waals surface area contributed by atoms with Crippen molar-refractivity contribution in [2.24, 2.45) is 4.99 Å². The zero-order valence-electron chi connectivity index (χ0n) is 13.6. The Morgan fingerprint density at radius 3 is 2.80 bits per heavy atom. The van der Waals surface area contributed by atoms with Gasteiger partial charge in [-0.3, -0.25) is 4.79 Å². The maximum Gasteiger partial charge on any atom is 0.244 e. The Morgan fingerprint density at radius 1 is 1.16 bits per heavy atom.